The zero-order valence-electron chi connectivity index (χ0n) is 12.0. The van der Waals surface area contributed by atoms with Gasteiger partial charge in [-0.25, -0.2) is 4.98 Å². The monoisotopic (exact) mass is 249 g/mol. The Hall–Kier alpha value is -0.990. The van der Waals surface area contributed by atoms with E-state index in [4.69, 9.17) is 0 Å². The summed E-state index contributed by atoms with van der Waals surface area (Å²) < 4.78 is 2.29. The van der Waals surface area contributed by atoms with Gasteiger partial charge < -0.3 is 9.88 Å². The molecule has 102 valence electrons. The summed E-state index contributed by atoms with van der Waals surface area (Å²) in [5, 5.41) is 3.44. The van der Waals surface area contributed by atoms with E-state index < -0.39 is 0 Å². The Morgan fingerprint density at radius 1 is 1.33 bits per heavy atom. The number of hydrogen-bond donors (Lipinski definition) is 1. The third-order valence-electron chi connectivity index (χ3n) is 3.97. The van der Waals surface area contributed by atoms with Crippen LogP contribution in [0.25, 0.3) is 0 Å². The molecule has 1 fully saturated rings. The molecule has 0 aliphatic heterocycles. The standard InChI is InChI=1S/C15H27N3/c1-12(2)10-17-15-16-8-9-18(15)11-14-6-4-13(3)5-7-14/h8-9,12-14H,4-7,10-11H2,1-3H3,(H,16,17). The molecule has 0 saturated heterocycles. The molecule has 0 radical (unpaired) electrons. The van der Waals surface area contributed by atoms with E-state index in [0.29, 0.717) is 5.92 Å². The minimum Gasteiger partial charge on any atom is -0.355 e. The van der Waals surface area contributed by atoms with Crippen LogP contribution in [-0.4, -0.2) is 16.1 Å². The van der Waals surface area contributed by atoms with Gasteiger partial charge in [0.05, 0.1) is 0 Å². The second-order valence-corrected chi connectivity index (χ2v) is 6.30. The van der Waals surface area contributed by atoms with Gasteiger partial charge in [0.1, 0.15) is 0 Å². The lowest BCUT2D eigenvalue weighted by atomic mass is 9.83. The van der Waals surface area contributed by atoms with Crippen molar-refractivity contribution in [3.05, 3.63) is 12.4 Å². The van der Waals surface area contributed by atoms with E-state index in [1.165, 1.54) is 25.7 Å². The van der Waals surface area contributed by atoms with Crippen LogP contribution in [0.3, 0.4) is 0 Å². The summed E-state index contributed by atoms with van der Waals surface area (Å²) in [6, 6.07) is 0. The molecule has 18 heavy (non-hydrogen) atoms. The molecule has 3 nitrogen and oxygen atoms in total. The Morgan fingerprint density at radius 3 is 2.72 bits per heavy atom. The van der Waals surface area contributed by atoms with E-state index in [1.54, 1.807) is 0 Å². The van der Waals surface area contributed by atoms with Crippen molar-refractivity contribution in [3.8, 4) is 0 Å². The van der Waals surface area contributed by atoms with Crippen molar-refractivity contribution in [3.63, 3.8) is 0 Å². The van der Waals surface area contributed by atoms with Crippen molar-refractivity contribution < 1.29 is 0 Å². The quantitative estimate of drug-likeness (QED) is 0.860. The van der Waals surface area contributed by atoms with Gasteiger partial charge in [-0.05, 0) is 30.6 Å². The number of aromatic nitrogens is 2. The smallest absolute Gasteiger partial charge is 0.202 e. The molecule has 1 aromatic heterocycles. The number of nitrogens with zero attached hydrogens (tertiary/aromatic N) is 2. The number of imidazole rings is 1. The lowest BCUT2D eigenvalue weighted by Crippen LogP contribution is -2.19. The summed E-state index contributed by atoms with van der Waals surface area (Å²) in [5.74, 6) is 3.48. The fourth-order valence-electron chi connectivity index (χ4n) is 2.71. The second-order valence-electron chi connectivity index (χ2n) is 6.30. The summed E-state index contributed by atoms with van der Waals surface area (Å²) in [6.07, 6.45) is 9.57. The minimum absolute atomic E-state index is 0.658. The van der Waals surface area contributed by atoms with Crippen LogP contribution in [0.1, 0.15) is 46.5 Å². The molecule has 1 heterocycles. The number of nitrogens with one attached hydrogen (secondary N) is 1. The van der Waals surface area contributed by atoms with Crippen LogP contribution >= 0.6 is 0 Å². The Labute approximate surface area is 111 Å². The first kappa shape index (κ1) is 13.4. The van der Waals surface area contributed by atoms with Crippen molar-refractivity contribution in [1.82, 2.24) is 9.55 Å². The summed E-state index contributed by atoms with van der Waals surface area (Å²) in [7, 11) is 0. The van der Waals surface area contributed by atoms with Gasteiger partial charge in [-0.15, -0.1) is 0 Å². The van der Waals surface area contributed by atoms with Crippen LogP contribution in [0.15, 0.2) is 12.4 Å². The maximum atomic E-state index is 4.42. The molecule has 0 aromatic carbocycles. The molecule has 1 aliphatic rings. The molecule has 0 atom stereocenters. The molecule has 1 N–H and O–H groups in total. The normalized spacial score (nSPS) is 24.4. The second kappa shape index (κ2) is 6.26. The highest BCUT2D eigenvalue weighted by atomic mass is 15.2. The third kappa shape index (κ3) is 3.76. The zero-order chi connectivity index (χ0) is 13.0. The van der Waals surface area contributed by atoms with Crippen LogP contribution in [0, 0.1) is 17.8 Å². The zero-order valence-corrected chi connectivity index (χ0v) is 12.0. The van der Waals surface area contributed by atoms with Gasteiger partial charge in [0.15, 0.2) is 0 Å². The van der Waals surface area contributed by atoms with Crippen molar-refractivity contribution in [2.45, 2.75) is 53.0 Å². The lowest BCUT2D eigenvalue weighted by Gasteiger charge is -2.26. The molecule has 1 aromatic rings. The molecule has 0 unspecified atom stereocenters. The van der Waals surface area contributed by atoms with E-state index >= 15 is 0 Å². The van der Waals surface area contributed by atoms with Crippen molar-refractivity contribution in [1.29, 1.82) is 0 Å². The molecule has 1 aliphatic carbocycles. The van der Waals surface area contributed by atoms with Crippen LogP contribution in [0.5, 0.6) is 0 Å². The van der Waals surface area contributed by atoms with Gasteiger partial charge in [0.25, 0.3) is 0 Å². The van der Waals surface area contributed by atoms with Gasteiger partial charge in [-0.3, -0.25) is 0 Å². The van der Waals surface area contributed by atoms with E-state index in [2.05, 4.69) is 41.8 Å². The van der Waals surface area contributed by atoms with Gasteiger partial charge in [-0.2, -0.15) is 0 Å². The first-order chi connectivity index (χ1) is 8.65. The van der Waals surface area contributed by atoms with Crippen LogP contribution in [-0.2, 0) is 6.54 Å². The third-order valence-corrected chi connectivity index (χ3v) is 3.97. The Balaban J connectivity index is 1.87. The summed E-state index contributed by atoms with van der Waals surface area (Å²) in [4.78, 5) is 4.42. The number of hydrogen-bond acceptors (Lipinski definition) is 2. The highest BCUT2D eigenvalue weighted by molar-refractivity contribution is 5.25. The molecule has 2 rings (SSSR count). The molecule has 0 bridgehead atoms. The average molecular weight is 249 g/mol. The highest BCUT2D eigenvalue weighted by Crippen LogP contribution is 2.29. The molecule has 0 amide bonds. The average Bonchev–Trinajstić information content (AvgIpc) is 2.77. The van der Waals surface area contributed by atoms with E-state index in [0.717, 1.165) is 30.9 Å². The first-order valence-corrected chi connectivity index (χ1v) is 7.40. The number of anilines is 1. The Bertz CT molecular complexity index is 348. The summed E-state index contributed by atoms with van der Waals surface area (Å²) in [6.45, 7) is 8.96. The van der Waals surface area contributed by atoms with Crippen LogP contribution in [0.2, 0.25) is 0 Å². The van der Waals surface area contributed by atoms with E-state index in [-0.39, 0.29) is 0 Å². The summed E-state index contributed by atoms with van der Waals surface area (Å²) in [5.41, 5.74) is 0. The molecular formula is C15H27N3. The highest BCUT2D eigenvalue weighted by Gasteiger charge is 2.19. The van der Waals surface area contributed by atoms with Gasteiger partial charge in [0, 0.05) is 25.5 Å². The minimum atomic E-state index is 0.658. The Morgan fingerprint density at radius 2 is 2.06 bits per heavy atom. The van der Waals surface area contributed by atoms with Gasteiger partial charge in [-0.1, -0.05) is 33.6 Å². The van der Waals surface area contributed by atoms with Crippen molar-refractivity contribution in [2.75, 3.05) is 11.9 Å². The fraction of sp³-hybridized carbons (Fsp3) is 0.800. The topological polar surface area (TPSA) is 29.9 Å². The van der Waals surface area contributed by atoms with Crippen LogP contribution < -0.4 is 5.32 Å². The van der Waals surface area contributed by atoms with Crippen molar-refractivity contribution in [2.24, 2.45) is 17.8 Å². The lowest BCUT2D eigenvalue weighted by molar-refractivity contribution is 0.265. The van der Waals surface area contributed by atoms with Gasteiger partial charge >= 0.3 is 0 Å². The SMILES string of the molecule is CC(C)CNc1nccn1CC1CCC(C)CC1. The van der Waals surface area contributed by atoms with E-state index in [1.807, 2.05) is 6.20 Å². The maximum Gasteiger partial charge on any atom is 0.202 e. The Kier molecular flexibility index (Phi) is 4.67. The largest absolute Gasteiger partial charge is 0.355 e. The number of rotatable bonds is 5. The predicted molar refractivity (Wildman–Crippen MR) is 76.7 cm³/mol. The summed E-state index contributed by atoms with van der Waals surface area (Å²) >= 11 is 0. The van der Waals surface area contributed by atoms with Crippen LogP contribution in [0.4, 0.5) is 5.95 Å². The maximum absolute atomic E-state index is 4.42. The molecule has 1 saturated carbocycles. The predicted octanol–water partition coefficient (Wildman–Crippen LogP) is 3.78. The molecular weight excluding hydrogens is 222 g/mol. The van der Waals surface area contributed by atoms with Gasteiger partial charge in [0.2, 0.25) is 5.95 Å². The first-order valence-electron chi connectivity index (χ1n) is 7.40. The fourth-order valence-corrected chi connectivity index (χ4v) is 2.71. The molecule has 0 spiro atoms. The van der Waals surface area contributed by atoms with Crippen molar-refractivity contribution >= 4 is 5.95 Å². The molecule has 3 heteroatoms. The van der Waals surface area contributed by atoms with E-state index in [9.17, 15) is 0 Å².